The van der Waals surface area contributed by atoms with Gasteiger partial charge in [-0.2, -0.15) is 0 Å². The average Bonchev–Trinajstić information content (AvgIpc) is 2.16. The van der Waals surface area contributed by atoms with Gasteiger partial charge in [0.1, 0.15) is 0 Å². The van der Waals surface area contributed by atoms with E-state index in [9.17, 15) is 4.79 Å². The number of rotatable bonds is 3. The summed E-state index contributed by atoms with van der Waals surface area (Å²) in [6.45, 7) is 0.835. The number of urea groups is 1. The molecule has 0 radical (unpaired) electrons. The lowest BCUT2D eigenvalue weighted by atomic mass is 10.6. The Morgan fingerprint density at radius 1 is 1.46 bits per heavy atom. The Balaban J connectivity index is 2.37. The summed E-state index contributed by atoms with van der Waals surface area (Å²) in [7, 11) is 0. The van der Waals surface area contributed by atoms with Crippen molar-refractivity contribution in [1.82, 2.24) is 15.3 Å². The Labute approximate surface area is 75.6 Å². The third kappa shape index (κ3) is 3.48. The van der Waals surface area contributed by atoms with E-state index in [2.05, 4.69) is 20.6 Å². The van der Waals surface area contributed by atoms with Crippen LogP contribution in [-0.4, -0.2) is 29.1 Å². The van der Waals surface area contributed by atoms with Crippen LogP contribution in [0.5, 0.6) is 0 Å². The lowest BCUT2D eigenvalue weighted by Crippen LogP contribution is -2.33. The number of anilines is 1. The first-order valence-corrected chi connectivity index (χ1v) is 3.85. The van der Waals surface area contributed by atoms with E-state index in [0.29, 0.717) is 13.1 Å². The number of hydrogen-bond donors (Lipinski definition) is 3. The normalized spacial score (nSPS) is 9.31. The SMILES string of the molecule is NCCNC(=O)Nc1ncccn1. The van der Waals surface area contributed by atoms with Crippen LogP contribution in [0.15, 0.2) is 18.5 Å². The molecule has 1 aromatic rings. The Hall–Kier alpha value is -1.69. The van der Waals surface area contributed by atoms with E-state index in [0.717, 1.165) is 0 Å². The topological polar surface area (TPSA) is 92.9 Å². The van der Waals surface area contributed by atoms with Crippen LogP contribution in [0, 0.1) is 0 Å². The number of nitrogens with one attached hydrogen (secondary N) is 2. The molecule has 0 spiro atoms. The zero-order valence-corrected chi connectivity index (χ0v) is 7.03. The Bertz CT molecular complexity index is 263. The fraction of sp³-hybridized carbons (Fsp3) is 0.286. The quantitative estimate of drug-likeness (QED) is 0.589. The molecule has 1 aromatic heterocycles. The van der Waals surface area contributed by atoms with Gasteiger partial charge in [-0.25, -0.2) is 14.8 Å². The Morgan fingerprint density at radius 3 is 2.77 bits per heavy atom. The molecule has 1 rings (SSSR count). The number of amides is 2. The summed E-state index contributed by atoms with van der Waals surface area (Å²) >= 11 is 0. The zero-order valence-electron chi connectivity index (χ0n) is 7.03. The Morgan fingerprint density at radius 2 is 2.15 bits per heavy atom. The highest BCUT2D eigenvalue weighted by Gasteiger charge is 2.00. The standard InChI is InChI=1S/C7H11N5O/c8-2-5-11-7(13)12-6-9-3-1-4-10-6/h1,3-4H,2,5,8H2,(H2,9,10,11,12,13). The first-order chi connectivity index (χ1) is 6.33. The van der Waals surface area contributed by atoms with Crippen LogP contribution in [0.4, 0.5) is 10.7 Å². The van der Waals surface area contributed by atoms with Crippen molar-refractivity contribution in [2.45, 2.75) is 0 Å². The predicted octanol–water partition coefficient (Wildman–Crippen LogP) is -0.443. The van der Waals surface area contributed by atoms with Gasteiger partial charge in [0.25, 0.3) is 0 Å². The molecule has 70 valence electrons. The second-order valence-corrected chi connectivity index (χ2v) is 2.24. The van der Waals surface area contributed by atoms with Gasteiger partial charge in [-0.15, -0.1) is 0 Å². The van der Waals surface area contributed by atoms with Crippen molar-refractivity contribution < 1.29 is 4.79 Å². The second-order valence-electron chi connectivity index (χ2n) is 2.24. The molecule has 0 atom stereocenters. The van der Waals surface area contributed by atoms with Gasteiger partial charge in [0.2, 0.25) is 5.95 Å². The van der Waals surface area contributed by atoms with Crippen molar-refractivity contribution in [2.24, 2.45) is 5.73 Å². The minimum absolute atomic E-state index is 0.275. The van der Waals surface area contributed by atoms with Gasteiger partial charge in [-0.05, 0) is 6.07 Å². The van der Waals surface area contributed by atoms with Gasteiger partial charge in [-0.1, -0.05) is 0 Å². The third-order valence-electron chi connectivity index (χ3n) is 1.22. The van der Waals surface area contributed by atoms with Gasteiger partial charge >= 0.3 is 6.03 Å². The first-order valence-electron chi connectivity index (χ1n) is 3.85. The zero-order chi connectivity index (χ0) is 9.52. The number of aromatic nitrogens is 2. The van der Waals surface area contributed by atoms with E-state index < -0.39 is 0 Å². The molecule has 0 unspecified atom stereocenters. The minimum Gasteiger partial charge on any atom is -0.337 e. The molecule has 0 bridgehead atoms. The number of nitrogens with zero attached hydrogens (tertiary/aromatic N) is 2. The molecule has 6 nitrogen and oxygen atoms in total. The maximum atomic E-state index is 11.0. The largest absolute Gasteiger partial charge is 0.337 e. The molecule has 0 saturated heterocycles. The van der Waals surface area contributed by atoms with E-state index in [-0.39, 0.29) is 12.0 Å². The molecule has 0 fully saturated rings. The maximum Gasteiger partial charge on any atom is 0.321 e. The molecular formula is C7H11N5O. The molecule has 0 aromatic carbocycles. The molecule has 13 heavy (non-hydrogen) atoms. The summed E-state index contributed by atoms with van der Waals surface area (Å²) in [6.07, 6.45) is 3.09. The highest BCUT2D eigenvalue weighted by atomic mass is 16.2. The van der Waals surface area contributed by atoms with Crippen LogP contribution in [-0.2, 0) is 0 Å². The summed E-state index contributed by atoms with van der Waals surface area (Å²) in [5, 5.41) is 4.97. The molecule has 6 heteroatoms. The van der Waals surface area contributed by atoms with Crippen LogP contribution in [0.3, 0.4) is 0 Å². The van der Waals surface area contributed by atoms with E-state index in [1.54, 1.807) is 18.5 Å². The van der Waals surface area contributed by atoms with E-state index in [1.165, 1.54) is 0 Å². The van der Waals surface area contributed by atoms with Crippen LogP contribution in [0.25, 0.3) is 0 Å². The fourth-order valence-electron chi connectivity index (χ4n) is 0.695. The van der Waals surface area contributed by atoms with E-state index in [4.69, 9.17) is 5.73 Å². The molecule has 0 aliphatic heterocycles. The van der Waals surface area contributed by atoms with Gasteiger partial charge < -0.3 is 11.1 Å². The van der Waals surface area contributed by atoms with Crippen LogP contribution in [0.1, 0.15) is 0 Å². The monoisotopic (exact) mass is 181 g/mol. The van der Waals surface area contributed by atoms with E-state index in [1.807, 2.05) is 0 Å². The van der Waals surface area contributed by atoms with Crippen molar-refractivity contribution in [3.05, 3.63) is 18.5 Å². The average molecular weight is 181 g/mol. The summed E-state index contributed by atoms with van der Waals surface area (Å²) in [5.41, 5.74) is 5.20. The smallest absolute Gasteiger partial charge is 0.321 e. The summed E-state index contributed by atoms with van der Waals surface area (Å²) in [4.78, 5) is 18.6. The predicted molar refractivity (Wildman–Crippen MR) is 48.1 cm³/mol. The van der Waals surface area contributed by atoms with Crippen LogP contribution >= 0.6 is 0 Å². The molecular weight excluding hydrogens is 170 g/mol. The second kappa shape index (κ2) is 5.04. The highest BCUT2D eigenvalue weighted by Crippen LogP contribution is 1.92. The number of hydrogen-bond acceptors (Lipinski definition) is 4. The summed E-state index contributed by atoms with van der Waals surface area (Å²) in [6, 6.07) is 1.32. The molecule has 4 N–H and O–H groups in total. The molecule has 0 aliphatic rings. The first kappa shape index (κ1) is 9.40. The summed E-state index contributed by atoms with van der Waals surface area (Å²) < 4.78 is 0. The Kier molecular flexibility index (Phi) is 3.65. The number of carbonyl (C=O) groups is 1. The lowest BCUT2D eigenvalue weighted by Gasteiger charge is -2.03. The third-order valence-corrected chi connectivity index (χ3v) is 1.22. The van der Waals surface area contributed by atoms with Gasteiger partial charge in [0.15, 0.2) is 0 Å². The van der Waals surface area contributed by atoms with Gasteiger partial charge in [0.05, 0.1) is 0 Å². The maximum absolute atomic E-state index is 11.0. The van der Waals surface area contributed by atoms with Gasteiger partial charge in [-0.3, -0.25) is 5.32 Å². The van der Waals surface area contributed by atoms with Crippen molar-refractivity contribution in [2.75, 3.05) is 18.4 Å². The molecule has 0 saturated carbocycles. The van der Waals surface area contributed by atoms with Crippen molar-refractivity contribution in [3.63, 3.8) is 0 Å². The molecule has 0 aliphatic carbocycles. The van der Waals surface area contributed by atoms with Crippen molar-refractivity contribution >= 4 is 12.0 Å². The molecule has 1 heterocycles. The van der Waals surface area contributed by atoms with E-state index >= 15 is 0 Å². The van der Waals surface area contributed by atoms with Crippen LogP contribution in [0.2, 0.25) is 0 Å². The van der Waals surface area contributed by atoms with Crippen LogP contribution < -0.4 is 16.4 Å². The van der Waals surface area contributed by atoms with Crippen molar-refractivity contribution in [3.8, 4) is 0 Å². The van der Waals surface area contributed by atoms with Crippen molar-refractivity contribution in [1.29, 1.82) is 0 Å². The summed E-state index contributed by atoms with van der Waals surface area (Å²) in [5.74, 6) is 0.275. The minimum atomic E-state index is -0.350. The lowest BCUT2D eigenvalue weighted by molar-refractivity contribution is 0.252. The number of carbonyl (C=O) groups excluding carboxylic acids is 1. The molecule has 2 amide bonds. The number of nitrogens with two attached hydrogens (primary N) is 1. The van der Waals surface area contributed by atoms with Gasteiger partial charge in [0, 0.05) is 25.5 Å². The fourth-order valence-corrected chi connectivity index (χ4v) is 0.695. The highest BCUT2D eigenvalue weighted by molar-refractivity contribution is 5.87.